The number of benzene rings is 1. The molecule has 1 aromatic carbocycles. The van der Waals surface area contributed by atoms with Crippen LogP contribution in [0, 0.1) is 12.3 Å². The summed E-state index contributed by atoms with van der Waals surface area (Å²) >= 11 is 13.3. The van der Waals surface area contributed by atoms with Crippen molar-refractivity contribution in [2.24, 2.45) is 5.73 Å². The van der Waals surface area contributed by atoms with E-state index in [1.807, 2.05) is 19.1 Å². The summed E-state index contributed by atoms with van der Waals surface area (Å²) in [5.74, 6) is 0.00756. The highest BCUT2D eigenvalue weighted by atomic mass is 35.5. The zero-order chi connectivity index (χ0) is 14.0. The Balaban J connectivity index is 2.40. The van der Waals surface area contributed by atoms with Crippen LogP contribution in [0.2, 0.25) is 10.0 Å². The van der Waals surface area contributed by atoms with E-state index in [0.29, 0.717) is 20.6 Å². The van der Waals surface area contributed by atoms with E-state index >= 15 is 0 Å². The van der Waals surface area contributed by atoms with Crippen molar-refractivity contribution in [2.75, 3.05) is 0 Å². The normalized spacial score (nSPS) is 10.5. The van der Waals surface area contributed by atoms with Crippen molar-refractivity contribution in [3.8, 4) is 0 Å². The van der Waals surface area contributed by atoms with Gasteiger partial charge in [0.1, 0.15) is 10.9 Å². The zero-order valence-corrected chi connectivity index (χ0v) is 12.4. The van der Waals surface area contributed by atoms with Gasteiger partial charge in [-0.25, -0.2) is 4.98 Å². The monoisotopic (exact) mass is 311 g/mol. The summed E-state index contributed by atoms with van der Waals surface area (Å²) in [4.78, 5) is 5.17. The number of pyridine rings is 1. The number of rotatable bonds is 3. The summed E-state index contributed by atoms with van der Waals surface area (Å²) < 4.78 is 0. The van der Waals surface area contributed by atoms with Crippen molar-refractivity contribution >= 4 is 40.8 Å². The summed E-state index contributed by atoms with van der Waals surface area (Å²) in [6.45, 7) is 1.90. The molecule has 98 valence electrons. The van der Waals surface area contributed by atoms with Crippen LogP contribution in [0.5, 0.6) is 0 Å². The molecule has 1 heterocycles. The molecule has 19 heavy (non-hydrogen) atoms. The molecule has 0 bridgehead atoms. The Kier molecular flexibility index (Phi) is 4.34. The van der Waals surface area contributed by atoms with Crippen LogP contribution >= 0.6 is 35.0 Å². The third-order valence-electron chi connectivity index (χ3n) is 2.50. The van der Waals surface area contributed by atoms with Crippen molar-refractivity contribution in [3.63, 3.8) is 0 Å². The molecule has 3 N–H and O–H groups in total. The Hall–Kier alpha value is -1.23. The Morgan fingerprint density at radius 2 is 2.00 bits per heavy atom. The maximum Gasteiger partial charge on any atom is 0.125 e. The van der Waals surface area contributed by atoms with Crippen molar-refractivity contribution in [3.05, 3.63) is 51.6 Å². The van der Waals surface area contributed by atoms with Crippen molar-refractivity contribution < 1.29 is 0 Å². The van der Waals surface area contributed by atoms with Gasteiger partial charge in [-0.3, -0.25) is 5.41 Å². The van der Waals surface area contributed by atoms with Crippen molar-refractivity contribution in [1.29, 1.82) is 5.41 Å². The zero-order valence-electron chi connectivity index (χ0n) is 10.1. The van der Waals surface area contributed by atoms with Crippen LogP contribution in [-0.2, 0) is 0 Å². The Bertz CT molecular complexity index is 644. The average Bonchev–Trinajstić information content (AvgIpc) is 2.33. The minimum absolute atomic E-state index is 0.00756. The van der Waals surface area contributed by atoms with Gasteiger partial charge < -0.3 is 5.73 Å². The van der Waals surface area contributed by atoms with E-state index in [0.717, 1.165) is 10.5 Å². The van der Waals surface area contributed by atoms with Gasteiger partial charge in [0, 0.05) is 11.1 Å². The molecular formula is C13H11Cl2N3S. The van der Waals surface area contributed by atoms with Gasteiger partial charge in [0.15, 0.2) is 0 Å². The molecule has 0 amide bonds. The highest BCUT2D eigenvalue weighted by molar-refractivity contribution is 7.99. The topological polar surface area (TPSA) is 62.8 Å². The fraction of sp³-hybridized carbons (Fsp3) is 0.0769. The first-order valence-electron chi connectivity index (χ1n) is 5.42. The maximum absolute atomic E-state index is 7.64. The predicted octanol–water partition coefficient (Wildman–Crippen LogP) is 4.13. The highest BCUT2D eigenvalue weighted by Gasteiger charge is 2.12. The first kappa shape index (κ1) is 14.2. The molecule has 0 atom stereocenters. The Labute approximate surface area is 125 Å². The standard InChI is InChI=1S/C13H11Cl2N3S/c1-7-4-5-18-13(11(7)12(16)17)19-8-2-3-9(14)10(15)6-8/h2-6H,1H3,(H3,16,17). The number of halogens is 2. The van der Waals surface area contributed by atoms with Gasteiger partial charge in [-0.2, -0.15) is 0 Å². The van der Waals surface area contributed by atoms with Crippen LogP contribution in [0.25, 0.3) is 0 Å². The lowest BCUT2D eigenvalue weighted by Crippen LogP contribution is -2.14. The number of nitrogens with one attached hydrogen (secondary N) is 1. The lowest BCUT2D eigenvalue weighted by Gasteiger charge is -2.10. The Morgan fingerprint density at radius 3 is 2.63 bits per heavy atom. The molecule has 0 aliphatic carbocycles. The molecule has 0 spiro atoms. The SMILES string of the molecule is Cc1ccnc(Sc2ccc(Cl)c(Cl)c2)c1C(=N)N. The second-order valence-electron chi connectivity index (χ2n) is 3.90. The fourth-order valence-electron chi connectivity index (χ4n) is 1.59. The second-order valence-corrected chi connectivity index (χ2v) is 5.78. The number of nitrogens with zero attached hydrogens (tertiary/aromatic N) is 1. The van der Waals surface area contributed by atoms with E-state index in [2.05, 4.69) is 4.98 Å². The third kappa shape index (κ3) is 3.21. The van der Waals surface area contributed by atoms with Gasteiger partial charge in [-0.1, -0.05) is 35.0 Å². The van der Waals surface area contributed by atoms with Crippen LogP contribution in [0.3, 0.4) is 0 Å². The molecule has 0 fully saturated rings. The summed E-state index contributed by atoms with van der Waals surface area (Å²) in [7, 11) is 0. The number of aromatic nitrogens is 1. The third-order valence-corrected chi connectivity index (χ3v) is 4.23. The second kappa shape index (κ2) is 5.82. The van der Waals surface area contributed by atoms with Gasteiger partial charge in [0.05, 0.1) is 15.6 Å². The Morgan fingerprint density at radius 1 is 1.26 bits per heavy atom. The summed E-state index contributed by atoms with van der Waals surface area (Å²) in [5, 5.41) is 9.32. The molecule has 0 saturated carbocycles. The largest absolute Gasteiger partial charge is 0.384 e. The fourth-order valence-corrected chi connectivity index (χ4v) is 2.98. The first-order valence-corrected chi connectivity index (χ1v) is 6.99. The van der Waals surface area contributed by atoms with Crippen LogP contribution < -0.4 is 5.73 Å². The first-order chi connectivity index (χ1) is 8.99. The molecule has 1 aromatic heterocycles. The molecular weight excluding hydrogens is 301 g/mol. The van der Waals surface area contributed by atoms with E-state index < -0.39 is 0 Å². The smallest absolute Gasteiger partial charge is 0.125 e. The number of aryl methyl sites for hydroxylation is 1. The number of nitrogens with two attached hydrogens (primary N) is 1. The molecule has 3 nitrogen and oxygen atoms in total. The molecule has 0 aliphatic heterocycles. The van der Waals surface area contributed by atoms with Crippen LogP contribution in [-0.4, -0.2) is 10.8 Å². The van der Waals surface area contributed by atoms with E-state index in [1.54, 1.807) is 18.3 Å². The molecule has 0 unspecified atom stereocenters. The summed E-state index contributed by atoms with van der Waals surface area (Å²) in [6.07, 6.45) is 1.70. The van der Waals surface area contributed by atoms with E-state index in [4.69, 9.17) is 34.3 Å². The van der Waals surface area contributed by atoms with Gasteiger partial charge in [0.2, 0.25) is 0 Å². The van der Waals surface area contributed by atoms with Crippen LogP contribution in [0.15, 0.2) is 40.4 Å². The minimum atomic E-state index is 0.00756. The summed E-state index contributed by atoms with van der Waals surface area (Å²) in [6, 6.07) is 7.18. The molecule has 2 rings (SSSR count). The average molecular weight is 312 g/mol. The lowest BCUT2D eigenvalue weighted by atomic mass is 10.1. The molecule has 2 aromatic rings. The van der Waals surface area contributed by atoms with Gasteiger partial charge in [-0.05, 0) is 36.8 Å². The summed E-state index contributed by atoms with van der Waals surface area (Å²) in [5.41, 5.74) is 7.18. The number of amidine groups is 1. The van der Waals surface area contributed by atoms with E-state index in [1.165, 1.54) is 11.8 Å². The number of hydrogen-bond donors (Lipinski definition) is 2. The van der Waals surface area contributed by atoms with Gasteiger partial charge >= 0.3 is 0 Å². The minimum Gasteiger partial charge on any atom is -0.384 e. The van der Waals surface area contributed by atoms with Crippen LogP contribution in [0.1, 0.15) is 11.1 Å². The van der Waals surface area contributed by atoms with Gasteiger partial charge in [0.25, 0.3) is 0 Å². The number of hydrogen-bond acceptors (Lipinski definition) is 3. The number of nitrogen functional groups attached to an aromatic ring is 1. The molecule has 6 heteroatoms. The van der Waals surface area contributed by atoms with E-state index in [-0.39, 0.29) is 5.84 Å². The van der Waals surface area contributed by atoms with E-state index in [9.17, 15) is 0 Å². The molecule has 0 radical (unpaired) electrons. The van der Waals surface area contributed by atoms with Gasteiger partial charge in [-0.15, -0.1) is 0 Å². The van der Waals surface area contributed by atoms with Crippen molar-refractivity contribution in [1.82, 2.24) is 4.98 Å². The highest BCUT2D eigenvalue weighted by Crippen LogP contribution is 2.33. The van der Waals surface area contributed by atoms with Crippen LogP contribution in [0.4, 0.5) is 0 Å². The quantitative estimate of drug-likeness (QED) is 0.661. The lowest BCUT2D eigenvalue weighted by molar-refractivity contribution is 1.09. The van der Waals surface area contributed by atoms with Crippen molar-refractivity contribution in [2.45, 2.75) is 16.8 Å². The predicted molar refractivity (Wildman–Crippen MR) is 80.6 cm³/mol. The molecule has 0 aliphatic rings. The maximum atomic E-state index is 7.64. The molecule has 0 saturated heterocycles.